The quantitative estimate of drug-likeness (QED) is 0.351. The van der Waals surface area contributed by atoms with Gasteiger partial charge in [-0.1, -0.05) is 0 Å². The number of rotatable bonds is 15. The van der Waals surface area contributed by atoms with E-state index in [1.807, 2.05) is 0 Å². The van der Waals surface area contributed by atoms with Gasteiger partial charge in [0.2, 0.25) is 0 Å². The molecule has 3 aliphatic heterocycles. The molecule has 0 radical (unpaired) electrons. The lowest BCUT2D eigenvalue weighted by atomic mass is 9.89. The van der Waals surface area contributed by atoms with E-state index in [0.717, 1.165) is 0 Å². The maximum Gasteiger partial charge on any atom is 0.133 e. The first-order valence-corrected chi connectivity index (χ1v) is 10.5. The van der Waals surface area contributed by atoms with E-state index in [1.54, 1.807) is 18.6 Å². The topological polar surface area (TPSA) is 175 Å². The second-order valence-electron chi connectivity index (χ2n) is 8.24. The van der Waals surface area contributed by atoms with Crippen LogP contribution >= 0.6 is 0 Å². The molecule has 0 amide bonds. The molecule has 3 unspecified atom stereocenters. The van der Waals surface area contributed by atoms with Gasteiger partial charge in [0.05, 0.1) is 18.6 Å². The minimum Gasteiger partial charge on any atom is -0.396 e. The van der Waals surface area contributed by atoms with Crippen LogP contribution < -0.4 is 0 Å². The molecule has 170 valence electrons. The van der Waals surface area contributed by atoms with E-state index in [-0.39, 0.29) is 19.8 Å². The van der Waals surface area contributed by atoms with Crippen molar-refractivity contribution in [1.29, 1.82) is 0 Å². The molecular weight excluding hydrogens is 404 g/mol. The second kappa shape index (κ2) is 10.8. The Balaban J connectivity index is 1.84. The van der Waals surface area contributed by atoms with E-state index in [1.165, 1.54) is 0 Å². The summed E-state index contributed by atoms with van der Waals surface area (Å²) in [6.45, 7) is 1.55. The van der Waals surface area contributed by atoms with Gasteiger partial charge in [0.25, 0.3) is 0 Å². The molecule has 0 aromatic rings. The van der Waals surface area contributed by atoms with E-state index < -0.39 is 16.6 Å². The molecule has 31 heavy (non-hydrogen) atoms. The molecular formula is C18H30N10O3. The van der Waals surface area contributed by atoms with Crippen molar-refractivity contribution in [1.82, 2.24) is 4.90 Å². The molecule has 0 aromatic carbocycles. The van der Waals surface area contributed by atoms with Gasteiger partial charge >= 0.3 is 0 Å². The zero-order chi connectivity index (χ0) is 22.0. The fourth-order valence-corrected chi connectivity index (χ4v) is 4.11. The number of aliphatic hydroxyl groups excluding tert-OH is 3. The average molecular weight is 435 g/mol. The van der Waals surface area contributed by atoms with Gasteiger partial charge < -0.3 is 15.3 Å². The second-order valence-corrected chi connectivity index (χ2v) is 8.24. The fraction of sp³-hybridized carbons (Fsp3) is 0.833. The summed E-state index contributed by atoms with van der Waals surface area (Å²) in [5, 5.41) is 64.5. The van der Waals surface area contributed by atoms with Gasteiger partial charge in [-0.3, -0.25) is 4.90 Å². The summed E-state index contributed by atoms with van der Waals surface area (Å²) in [4.78, 5) is 2.15. The Labute approximate surface area is 180 Å². The number of nitrogens with zero attached hydrogens (tertiary/aromatic N) is 10. The molecule has 3 atom stereocenters. The molecule has 13 nitrogen and oxygen atoms in total. The summed E-state index contributed by atoms with van der Waals surface area (Å²) in [6, 6.07) is 0. The van der Waals surface area contributed by atoms with Crippen molar-refractivity contribution in [2.75, 3.05) is 39.5 Å². The smallest absolute Gasteiger partial charge is 0.133 e. The predicted octanol–water partition coefficient (Wildman–Crippen LogP) is 1.18. The summed E-state index contributed by atoms with van der Waals surface area (Å²) in [5.74, 6) is 0. The molecule has 0 saturated carbocycles. The maximum atomic E-state index is 9.34. The number of hydrogen-bond donors (Lipinski definition) is 3. The standard InChI is InChI=1S/C18H30N10O3/c29-7-1-4-16(10-19-25-22-16)13-28(14-17(5-2-8-30)11-20-26-23-17)15-18(6-3-9-31)12-21-27-24-18/h10-12,29-31H,1-9,13-15H2. The normalized spacial score (nSPS) is 30.6. The number of aliphatic hydroxyl groups is 3. The third-order valence-electron chi connectivity index (χ3n) is 5.58. The first-order chi connectivity index (χ1) is 15.1. The summed E-state index contributed by atoms with van der Waals surface area (Å²) in [5.41, 5.74) is -2.00. The Morgan fingerprint density at radius 3 is 1.10 bits per heavy atom. The van der Waals surface area contributed by atoms with E-state index in [2.05, 4.69) is 51.2 Å². The summed E-state index contributed by atoms with van der Waals surface area (Å²) in [6.07, 6.45) is 8.59. The first-order valence-electron chi connectivity index (χ1n) is 10.5. The lowest BCUT2D eigenvalue weighted by Crippen LogP contribution is -2.53. The summed E-state index contributed by atoms with van der Waals surface area (Å²) < 4.78 is 0. The van der Waals surface area contributed by atoms with Crippen LogP contribution in [0.4, 0.5) is 0 Å². The van der Waals surface area contributed by atoms with Gasteiger partial charge in [-0.15, -0.1) is 15.3 Å². The van der Waals surface area contributed by atoms with Crippen molar-refractivity contribution in [3.63, 3.8) is 0 Å². The van der Waals surface area contributed by atoms with Gasteiger partial charge in [0.15, 0.2) is 0 Å². The molecule has 3 rings (SSSR count). The Morgan fingerprint density at radius 2 is 0.871 bits per heavy atom. The monoisotopic (exact) mass is 434 g/mol. The highest BCUT2D eigenvalue weighted by molar-refractivity contribution is 5.74. The van der Waals surface area contributed by atoms with Crippen molar-refractivity contribution < 1.29 is 15.3 Å². The van der Waals surface area contributed by atoms with Crippen molar-refractivity contribution in [3.8, 4) is 0 Å². The lowest BCUT2D eigenvalue weighted by molar-refractivity contribution is 0.166. The molecule has 0 aliphatic carbocycles. The van der Waals surface area contributed by atoms with Gasteiger partial charge in [-0.25, -0.2) is 0 Å². The van der Waals surface area contributed by atoms with E-state index >= 15 is 0 Å². The van der Waals surface area contributed by atoms with Gasteiger partial charge in [-0.05, 0) is 54.2 Å². The molecule has 0 saturated heterocycles. The van der Waals surface area contributed by atoms with Crippen molar-refractivity contribution in [3.05, 3.63) is 0 Å². The van der Waals surface area contributed by atoms with Crippen LogP contribution in [0.3, 0.4) is 0 Å². The van der Waals surface area contributed by atoms with E-state index in [9.17, 15) is 15.3 Å². The van der Waals surface area contributed by atoms with Gasteiger partial charge in [0.1, 0.15) is 16.6 Å². The fourth-order valence-electron chi connectivity index (χ4n) is 4.11. The minimum absolute atomic E-state index is 0.0493. The molecule has 3 aliphatic rings. The Morgan fingerprint density at radius 1 is 0.548 bits per heavy atom. The van der Waals surface area contributed by atoms with Crippen molar-refractivity contribution in [2.24, 2.45) is 46.3 Å². The highest BCUT2D eigenvalue weighted by Gasteiger charge is 2.42. The third kappa shape index (κ3) is 6.09. The molecule has 0 fully saturated rings. The maximum absolute atomic E-state index is 9.34. The first kappa shape index (κ1) is 23.3. The SMILES string of the molecule is OCCCC1(CN(CC2(CCCO)C=NN=N2)CC2(CCCO)C=NN=N2)C=NN=N1. The van der Waals surface area contributed by atoms with Gasteiger partial charge in [-0.2, -0.15) is 15.3 Å². The van der Waals surface area contributed by atoms with Crippen LogP contribution in [0.2, 0.25) is 0 Å². The zero-order valence-corrected chi connectivity index (χ0v) is 17.5. The summed E-state index contributed by atoms with van der Waals surface area (Å²) in [7, 11) is 0. The molecule has 3 heterocycles. The zero-order valence-electron chi connectivity index (χ0n) is 17.5. The number of hydrogen-bond acceptors (Lipinski definition) is 13. The predicted molar refractivity (Wildman–Crippen MR) is 114 cm³/mol. The van der Waals surface area contributed by atoms with Crippen LogP contribution in [0.25, 0.3) is 0 Å². The Kier molecular flexibility index (Phi) is 8.12. The largest absolute Gasteiger partial charge is 0.396 e. The van der Waals surface area contributed by atoms with Crippen LogP contribution in [0, 0.1) is 0 Å². The highest BCUT2D eigenvalue weighted by atomic mass is 16.3. The van der Waals surface area contributed by atoms with Crippen LogP contribution in [-0.4, -0.2) is 94.9 Å². The molecule has 0 bridgehead atoms. The van der Waals surface area contributed by atoms with E-state index in [4.69, 9.17) is 0 Å². The van der Waals surface area contributed by atoms with Crippen molar-refractivity contribution >= 4 is 18.6 Å². The third-order valence-corrected chi connectivity index (χ3v) is 5.58. The molecule has 13 heteroatoms. The van der Waals surface area contributed by atoms with Crippen molar-refractivity contribution in [2.45, 2.75) is 55.1 Å². The van der Waals surface area contributed by atoms with Crippen LogP contribution in [0.1, 0.15) is 38.5 Å². The lowest BCUT2D eigenvalue weighted by Gasteiger charge is -2.37. The Bertz CT molecular complexity index is 628. The summed E-state index contributed by atoms with van der Waals surface area (Å²) >= 11 is 0. The molecule has 0 spiro atoms. The average Bonchev–Trinajstić information content (AvgIpc) is 3.52. The van der Waals surface area contributed by atoms with Crippen LogP contribution in [0.15, 0.2) is 46.3 Å². The van der Waals surface area contributed by atoms with E-state index in [0.29, 0.717) is 58.2 Å². The molecule has 0 aromatic heterocycles. The molecule has 3 N–H and O–H groups in total. The Hall–Kier alpha value is -2.35. The van der Waals surface area contributed by atoms with Crippen LogP contribution in [0.5, 0.6) is 0 Å². The minimum atomic E-state index is -0.668. The van der Waals surface area contributed by atoms with Crippen LogP contribution in [-0.2, 0) is 0 Å². The highest BCUT2D eigenvalue weighted by Crippen LogP contribution is 2.30. The van der Waals surface area contributed by atoms with Gasteiger partial charge in [0, 0.05) is 39.5 Å².